The number of hydrogen-bond donors (Lipinski definition) is 6. The molecular formula is C30H36O11. The van der Waals surface area contributed by atoms with Crippen LogP contribution in [0.25, 0.3) is 0 Å². The Morgan fingerprint density at radius 1 is 0.854 bits per heavy atom. The lowest BCUT2D eigenvalue weighted by molar-refractivity contribution is -0.0151. The Balaban J connectivity index is 1.52. The first-order chi connectivity index (χ1) is 19.7. The van der Waals surface area contributed by atoms with Crippen molar-refractivity contribution < 1.29 is 54.3 Å². The van der Waals surface area contributed by atoms with E-state index in [-0.39, 0.29) is 48.4 Å². The van der Waals surface area contributed by atoms with Gasteiger partial charge in [-0.15, -0.1) is 0 Å². The SMILES string of the molecule is COc1cc(C(O)C(CO)Oc2ccc(CC3(O)COC(c4ccc(O)c(OC)c4)C3CO)cc2OC)ccc1O. The summed E-state index contributed by atoms with van der Waals surface area (Å²) in [5, 5.41) is 62.4. The van der Waals surface area contributed by atoms with E-state index in [1.165, 1.54) is 45.6 Å². The van der Waals surface area contributed by atoms with Gasteiger partial charge in [-0.3, -0.25) is 0 Å². The van der Waals surface area contributed by atoms with E-state index in [4.69, 9.17) is 23.7 Å². The largest absolute Gasteiger partial charge is 0.504 e. The highest BCUT2D eigenvalue weighted by atomic mass is 16.5. The topological polar surface area (TPSA) is 168 Å². The van der Waals surface area contributed by atoms with E-state index < -0.39 is 36.4 Å². The second-order valence-corrected chi connectivity index (χ2v) is 9.93. The fourth-order valence-electron chi connectivity index (χ4n) is 5.12. The zero-order chi connectivity index (χ0) is 29.7. The maximum absolute atomic E-state index is 11.6. The number of benzene rings is 3. The fourth-order valence-corrected chi connectivity index (χ4v) is 5.12. The second-order valence-electron chi connectivity index (χ2n) is 9.93. The van der Waals surface area contributed by atoms with Crippen molar-refractivity contribution >= 4 is 0 Å². The van der Waals surface area contributed by atoms with Gasteiger partial charge < -0.3 is 54.3 Å². The molecule has 0 aliphatic carbocycles. The third-order valence-corrected chi connectivity index (χ3v) is 7.39. The van der Waals surface area contributed by atoms with Gasteiger partial charge in [-0.05, 0) is 53.1 Å². The Hall–Kier alpha value is -3.74. The Kier molecular flexibility index (Phi) is 9.46. The van der Waals surface area contributed by atoms with Gasteiger partial charge in [0.05, 0.1) is 52.9 Å². The van der Waals surface area contributed by atoms with Crippen LogP contribution in [0.5, 0.6) is 34.5 Å². The molecule has 5 unspecified atom stereocenters. The summed E-state index contributed by atoms with van der Waals surface area (Å²) < 4.78 is 27.6. The van der Waals surface area contributed by atoms with Crippen LogP contribution in [-0.4, -0.2) is 83.5 Å². The zero-order valence-corrected chi connectivity index (χ0v) is 23.1. The molecule has 6 N–H and O–H groups in total. The van der Waals surface area contributed by atoms with Gasteiger partial charge in [0.25, 0.3) is 0 Å². The number of aliphatic hydroxyl groups excluding tert-OH is 3. The Morgan fingerprint density at radius 3 is 2.15 bits per heavy atom. The molecule has 0 bridgehead atoms. The number of hydrogen-bond acceptors (Lipinski definition) is 11. The van der Waals surface area contributed by atoms with Crippen LogP contribution in [0.15, 0.2) is 54.6 Å². The summed E-state index contributed by atoms with van der Waals surface area (Å²) in [5.41, 5.74) is 0.274. The Bertz CT molecular complexity index is 1330. The van der Waals surface area contributed by atoms with Gasteiger partial charge in [0.1, 0.15) is 6.10 Å². The number of ether oxygens (including phenoxy) is 5. The molecule has 41 heavy (non-hydrogen) atoms. The lowest BCUT2D eigenvalue weighted by atomic mass is 9.80. The summed E-state index contributed by atoms with van der Waals surface area (Å²) in [7, 11) is 4.27. The quantitative estimate of drug-likeness (QED) is 0.188. The predicted octanol–water partition coefficient (Wildman–Crippen LogP) is 2.25. The average molecular weight is 573 g/mol. The summed E-state index contributed by atoms with van der Waals surface area (Å²) >= 11 is 0. The molecule has 5 atom stereocenters. The molecular weight excluding hydrogens is 536 g/mol. The average Bonchev–Trinajstić information content (AvgIpc) is 3.31. The predicted molar refractivity (Wildman–Crippen MR) is 147 cm³/mol. The molecule has 1 aliphatic heterocycles. The molecule has 4 rings (SSSR count). The lowest BCUT2D eigenvalue weighted by Gasteiger charge is -2.30. The first-order valence-corrected chi connectivity index (χ1v) is 13.0. The van der Waals surface area contributed by atoms with E-state index in [2.05, 4.69) is 0 Å². The van der Waals surface area contributed by atoms with Crippen LogP contribution in [0, 0.1) is 5.92 Å². The number of methoxy groups -OCH3 is 3. The smallest absolute Gasteiger partial charge is 0.161 e. The molecule has 3 aromatic carbocycles. The van der Waals surface area contributed by atoms with Crippen LogP contribution in [0.1, 0.15) is 28.9 Å². The van der Waals surface area contributed by atoms with Crippen molar-refractivity contribution in [3.8, 4) is 34.5 Å². The Labute approximate surface area is 237 Å². The molecule has 0 aromatic heterocycles. The molecule has 222 valence electrons. The summed E-state index contributed by atoms with van der Waals surface area (Å²) in [6, 6.07) is 14.1. The lowest BCUT2D eigenvalue weighted by Crippen LogP contribution is -2.41. The summed E-state index contributed by atoms with van der Waals surface area (Å²) in [6.07, 6.45) is -2.83. The second kappa shape index (κ2) is 12.8. The third-order valence-electron chi connectivity index (χ3n) is 7.39. The van der Waals surface area contributed by atoms with Crippen molar-refractivity contribution in [2.24, 2.45) is 5.92 Å². The monoisotopic (exact) mass is 572 g/mol. The normalized spacial score (nSPS) is 21.7. The molecule has 11 heteroatoms. The maximum atomic E-state index is 11.6. The molecule has 0 spiro atoms. The molecule has 0 radical (unpaired) electrons. The van der Waals surface area contributed by atoms with E-state index in [9.17, 15) is 30.6 Å². The van der Waals surface area contributed by atoms with Crippen molar-refractivity contribution in [1.29, 1.82) is 0 Å². The standard InChI is InChI=1S/C30H36O11/c1-37-24-11-18(5-7-21(24)33)28(35)27(15-32)41-23-9-4-17(10-26(23)39-3)13-30(36)16-40-29(20(30)14-31)19-6-8-22(34)25(12-19)38-2/h4-12,20,27-29,31-36H,13-16H2,1-3H3. The summed E-state index contributed by atoms with van der Waals surface area (Å²) in [4.78, 5) is 0. The highest BCUT2D eigenvalue weighted by Crippen LogP contribution is 2.45. The summed E-state index contributed by atoms with van der Waals surface area (Å²) in [5.74, 6) is 0.195. The molecule has 1 heterocycles. The van der Waals surface area contributed by atoms with Crippen molar-refractivity contribution in [2.75, 3.05) is 41.2 Å². The summed E-state index contributed by atoms with van der Waals surface area (Å²) in [6.45, 7) is -0.906. The minimum atomic E-state index is -1.42. The number of rotatable bonds is 12. The van der Waals surface area contributed by atoms with Gasteiger partial charge in [-0.1, -0.05) is 18.2 Å². The third kappa shape index (κ3) is 6.29. The van der Waals surface area contributed by atoms with E-state index >= 15 is 0 Å². The highest BCUT2D eigenvalue weighted by Gasteiger charge is 2.49. The molecule has 0 amide bonds. The first kappa shape index (κ1) is 30.2. The number of phenolic OH excluding ortho intramolecular Hbond substituents is 2. The van der Waals surface area contributed by atoms with Crippen LogP contribution in [0.4, 0.5) is 0 Å². The van der Waals surface area contributed by atoms with Gasteiger partial charge in [0.15, 0.2) is 40.6 Å². The van der Waals surface area contributed by atoms with Crippen LogP contribution >= 0.6 is 0 Å². The fraction of sp³-hybridized carbons (Fsp3) is 0.400. The van der Waals surface area contributed by atoms with Crippen molar-refractivity contribution in [3.05, 3.63) is 71.3 Å². The number of phenols is 2. The van der Waals surface area contributed by atoms with E-state index in [0.29, 0.717) is 22.4 Å². The van der Waals surface area contributed by atoms with Crippen molar-refractivity contribution in [2.45, 2.75) is 30.3 Å². The Morgan fingerprint density at radius 2 is 1.51 bits per heavy atom. The van der Waals surface area contributed by atoms with Crippen molar-refractivity contribution in [3.63, 3.8) is 0 Å². The van der Waals surface area contributed by atoms with Gasteiger partial charge in [-0.2, -0.15) is 0 Å². The van der Waals surface area contributed by atoms with Gasteiger partial charge in [0.2, 0.25) is 0 Å². The molecule has 1 saturated heterocycles. The molecule has 3 aromatic rings. The first-order valence-electron chi connectivity index (χ1n) is 13.0. The van der Waals surface area contributed by atoms with Crippen LogP contribution in [0.3, 0.4) is 0 Å². The zero-order valence-electron chi connectivity index (χ0n) is 23.1. The van der Waals surface area contributed by atoms with Crippen LogP contribution in [-0.2, 0) is 11.2 Å². The van der Waals surface area contributed by atoms with E-state index in [1.54, 1.807) is 30.3 Å². The maximum Gasteiger partial charge on any atom is 0.161 e. The van der Waals surface area contributed by atoms with Crippen LogP contribution < -0.4 is 18.9 Å². The van der Waals surface area contributed by atoms with Crippen molar-refractivity contribution in [1.82, 2.24) is 0 Å². The molecule has 1 aliphatic rings. The minimum absolute atomic E-state index is 0.0294. The van der Waals surface area contributed by atoms with E-state index in [1.807, 2.05) is 0 Å². The van der Waals surface area contributed by atoms with Gasteiger partial charge in [0, 0.05) is 12.3 Å². The highest BCUT2D eigenvalue weighted by molar-refractivity contribution is 5.46. The van der Waals surface area contributed by atoms with Crippen LogP contribution in [0.2, 0.25) is 0 Å². The molecule has 1 fully saturated rings. The minimum Gasteiger partial charge on any atom is -0.504 e. The van der Waals surface area contributed by atoms with Gasteiger partial charge in [-0.25, -0.2) is 0 Å². The molecule has 11 nitrogen and oxygen atoms in total. The van der Waals surface area contributed by atoms with E-state index in [0.717, 1.165) is 0 Å². The van der Waals surface area contributed by atoms with Gasteiger partial charge >= 0.3 is 0 Å². The molecule has 0 saturated carbocycles. The number of aromatic hydroxyl groups is 2. The number of aliphatic hydroxyl groups is 4.